The fraction of sp³-hybridized carbons (Fsp3) is 0.0909. The fourth-order valence-corrected chi connectivity index (χ4v) is 3.03. The molecule has 0 amide bonds. The Kier molecular flexibility index (Phi) is 5.00. The Morgan fingerprint density at radius 3 is 1.81 bits per heavy atom. The van der Waals surface area contributed by atoms with Crippen molar-refractivity contribution in [2.75, 3.05) is 0 Å². The molecule has 0 saturated carbocycles. The number of hydrogen-bond donors (Lipinski definition) is 0. The van der Waals surface area contributed by atoms with E-state index in [1.807, 2.05) is 61.5 Å². The number of rotatable bonds is 5. The van der Waals surface area contributed by atoms with Gasteiger partial charge in [0.05, 0.1) is 0 Å². The maximum absolute atomic E-state index is 11.1. The lowest BCUT2D eigenvalue weighted by atomic mass is 9.90. The first-order chi connectivity index (χ1) is 12.7. The molecule has 3 aromatic rings. The first kappa shape index (κ1) is 17.2. The Hall–Kier alpha value is -3.58. The molecule has 0 atom stereocenters. The van der Waals surface area contributed by atoms with Crippen LogP contribution in [0.1, 0.15) is 16.7 Å². The van der Waals surface area contributed by atoms with Gasteiger partial charge in [0.2, 0.25) is 17.8 Å². The molecule has 0 aliphatic carbocycles. The van der Waals surface area contributed by atoms with Gasteiger partial charge in [0, 0.05) is 11.1 Å². The van der Waals surface area contributed by atoms with Crippen LogP contribution in [-0.2, 0) is 15.3 Å². The van der Waals surface area contributed by atoms with E-state index in [9.17, 15) is 9.59 Å². The quantitative estimate of drug-likeness (QED) is 0.506. The minimum atomic E-state index is -1.48. The molecule has 26 heavy (non-hydrogen) atoms. The van der Waals surface area contributed by atoms with Crippen molar-refractivity contribution in [2.45, 2.75) is 12.6 Å². The standard InChI is InChI=1S/C22H16N2O2/c1-17-7-5-6-10-21(17)18-11-13-20(14-12-18)22(23-15-25,24-16-26)19-8-3-2-4-9-19/h2-14H,1H3. The predicted molar refractivity (Wildman–Crippen MR) is 100 cm³/mol. The highest BCUT2D eigenvalue weighted by Gasteiger charge is 2.34. The molecular weight excluding hydrogens is 324 g/mol. The second kappa shape index (κ2) is 7.54. The molecular formula is C22H16N2O2. The summed E-state index contributed by atoms with van der Waals surface area (Å²) in [7, 11) is 0. The molecule has 3 rings (SSSR count). The van der Waals surface area contributed by atoms with Crippen molar-refractivity contribution in [2.24, 2.45) is 9.98 Å². The molecule has 0 saturated heterocycles. The third kappa shape index (κ3) is 3.15. The summed E-state index contributed by atoms with van der Waals surface area (Å²) >= 11 is 0. The van der Waals surface area contributed by atoms with Crippen LogP contribution in [0.5, 0.6) is 0 Å². The number of benzene rings is 3. The topological polar surface area (TPSA) is 58.9 Å². The molecule has 0 unspecified atom stereocenters. The summed E-state index contributed by atoms with van der Waals surface area (Å²) in [5.74, 6) is 0. The maximum Gasteiger partial charge on any atom is 0.238 e. The summed E-state index contributed by atoms with van der Waals surface area (Å²) in [6.45, 7) is 2.05. The molecule has 0 aliphatic heterocycles. The molecule has 3 aromatic carbocycles. The lowest BCUT2D eigenvalue weighted by Gasteiger charge is -2.23. The van der Waals surface area contributed by atoms with E-state index in [1.54, 1.807) is 36.4 Å². The number of aliphatic imine (C=N–C) groups is 2. The van der Waals surface area contributed by atoms with Gasteiger partial charge in [0.25, 0.3) is 0 Å². The number of carbonyl (C=O) groups excluding carboxylic acids is 2. The third-order valence-corrected chi connectivity index (χ3v) is 4.33. The van der Waals surface area contributed by atoms with Gasteiger partial charge >= 0.3 is 0 Å². The minimum Gasteiger partial charge on any atom is -0.211 e. The van der Waals surface area contributed by atoms with E-state index >= 15 is 0 Å². The molecule has 0 aromatic heterocycles. The Morgan fingerprint density at radius 2 is 1.23 bits per heavy atom. The molecule has 0 radical (unpaired) electrons. The molecule has 0 fully saturated rings. The normalized spacial score (nSPS) is 12.3. The molecule has 126 valence electrons. The van der Waals surface area contributed by atoms with E-state index in [0.717, 1.165) is 16.7 Å². The zero-order valence-electron chi connectivity index (χ0n) is 14.2. The first-order valence-corrected chi connectivity index (χ1v) is 8.11. The highest BCUT2D eigenvalue weighted by Crippen LogP contribution is 2.36. The van der Waals surface area contributed by atoms with Crippen LogP contribution in [0.15, 0.2) is 88.8 Å². The van der Waals surface area contributed by atoms with Crippen LogP contribution in [0, 0.1) is 6.92 Å². The van der Waals surface area contributed by atoms with Crippen LogP contribution < -0.4 is 0 Å². The average molecular weight is 340 g/mol. The van der Waals surface area contributed by atoms with Crippen molar-refractivity contribution < 1.29 is 9.59 Å². The van der Waals surface area contributed by atoms with Crippen molar-refractivity contribution in [3.8, 4) is 11.1 Å². The second-order valence-electron chi connectivity index (χ2n) is 5.84. The van der Waals surface area contributed by atoms with Crippen molar-refractivity contribution >= 4 is 12.2 Å². The van der Waals surface area contributed by atoms with Crippen molar-refractivity contribution in [1.29, 1.82) is 0 Å². The molecule has 0 bridgehead atoms. The van der Waals surface area contributed by atoms with Gasteiger partial charge in [0.1, 0.15) is 0 Å². The SMILES string of the molecule is Cc1ccccc1-c1ccc(C(N=C=O)(N=C=O)c2ccccc2)cc1. The van der Waals surface area contributed by atoms with Crippen LogP contribution in [0.2, 0.25) is 0 Å². The van der Waals surface area contributed by atoms with E-state index in [0.29, 0.717) is 11.1 Å². The predicted octanol–water partition coefficient (Wildman–Crippen LogP) is 4.53. The number of nitrogens with zero attached hydrogens (tertiary/aromatic N) is 2. The number of hydrogen-bond acceptors (Lipinski definition) is 4. The summed E-state index contributed by atoms with van der Waals surface area (Å²) in [5, 5.41) is 0. The van der Waals surface area contributed by atoms with Crippen LogP contribution in [0.25, 0.3) is 11.1 Å². The van der Waals surface area contributed by atoms with E-state index in [1.165, 1.54) is 0 Å². The fourth-order valence-electron chi connectivity index (χ4n) is 3.03. The molecule has 0 heterocycles. The summed E-state index contributed by atoms with van der Waals surface area (Å²) in [6.07, 6.45) is 3.10. The van der Waals surface area contributed by atoms with Gasteiger partial charge in [-0.15, -0.1) is 0 Å². The van der Waals surface area contributed by atoms with Gasteiger partial charge in [-0.25, -0.2) is 9.59 Å². The minimum absolute atomic E-state index is 0.590. The number of aryl methyl sites for hydroxylation is 1. The lowest BCUT2D eigenvalue weighted by Crippen LogP contribution is -2.22. The zero-order chi connectivity index (χ0) is 18.4. The van der Waals surface area contributed by atoms with Crippen LogP contribution >= 0.6 is 0 Å². The lowest BCUT2D eigenvalue weighted by molar-refractivity contribution is 0.516. The van der Waals surface area contributed by atoms with E-state index in [4.69, 9.17) is 0 Å². The summed E-state index contributed by atoms with van der Waals surface area (Å²) in [5.41, 5.74) is 3.00. The van der Waals surface area contributed by atoms with Crippen LogP contribution in [-0.4, -0.2) is 12.2 Å². The van der Waals surface area contributed by atoms with Crippen LogP contribution in [0.4, 0.5) is 0 Å². The summed E-state index contributed by atoms with van der Waals surface area (Å²) < 4.78 is 0. The largest absolute Gasteiger partial charge is 0.238 e. The van der Waals surface area contributed by atoms with Gasteiger partial charge < -0.3 is 0 Å². The first-order valence-electron chi connectivity index (χ1n) is 8.11. The third-order valence-electron chi connectivity index (χ3n) is 4.33. The van der Waals surface area contributed by atoms with Gasteiger partial charge in [-0.05, 0) is 23.6 Å². The Bertz CT molecular complexity index is 980. The molecule has 4 heteroatoms. The smallest absolute Gasteiger partial charge is 0.211 e. The highest BCUT2D eigenvalue weighted by molar-refractivity contribution is 5.67. The molecule has 0 N–H and O–H groups in total. The van der Waals surface area contributed by atoms with E-state index in [2.05, 4.69) is 9.98 Å². The Morgan fingerprint density at radius 1 is 0.692 bits per heavy atom. The van der Waals surface area contributed by atoms with Crippen molar-refractivity contribution in [3.63, 3.8) is 0 Å². The van der Waals surface area contributed by atoms with Crippen molar-refractivity contribution in [3.05, 3.63) is 95.6 Å². The van der Waals surface area contributed by atoms with E-state index < -0.39 is 5.66 Å². The van der Waals surface area contributed by atoms with Crippen LogP contribution in [0.3, 0.4) is 0 Å². The highest BCUT2D eigenvalue weighted by atomic mass is 16.1. The second-order valence-corrected chi connectivity index (χ2v) is 5.84. The summed E-state index contributed by atoms with van der Waals surface area (Å²) in [4.78, 5) is 29.9. The Labute approximate surface area is 151 Å². The summed E-state index contributed by atoms with van der Waals surface area (Å²) in [6, 6.07) is 24.5. The van der Waals surface area contributed by atoms with Gasteiger partial charge in [-0.1, -0.05) is 78.9 Å². The van der Waals surface area contributed by atoms with E-state index in [-0.39, 0.29) is 0 Å². The monoisotopic (exact) mass is 340 g/mol. The molecule has 0 aliphatic rings. The average Bonchev–Trinajstić information content (AvgIpc) is 2.69. The zero-order valence-corrected chi connectivity index (χ0v) is 14.2. The maximum atomic E-state index is 11.1. The van der Waals surface area contributed by atoms with Gasteiger partial charge in [-0.2, -0.15) is 9.98 Å². The van der Waals surface area contributed by atoms with Gasteiger partial charge in [0.15, 0.2) is 0 Å². The number of isocyanates is 2. The van der Waals surface area contributed by atoms with Gasteiger partial charge in [-0.3, -0.25) is 0 Å². The van der Waals surface area contributed by atoms with Crippen molar-refractivity contribution in [1.82, 2.24) is 0 Å². The molecule has 0 spiro atoms. The Balaban J connectivity index is 2.15. The molecule has 4 nitrogen and oxygen atoms in total.